The monoisotopic (exact) mass is 627 g/mol. The Bertz CT molecular complexity index is 1870. The van der Waals surface area contributed by atoms with Crippen LogP contribution in [0.3, 0.4) is 0 Å². The van der Waals surface area contributed by atoms with Crippen molar-refractivity contribution in [2.45, 2.75) is 24.2 Å². The Morgan fingerprint density at radius 3 is 1.19 bits per heavy atom. The van der Waals surface area contributed by atoms with E-state index in [0.29, 0.717) is 0 Å². The molecule has 2 atom stereocenters. The van der Waals surface area contributed by atoms with Crippen LogP contribution in [0.1, 0.15) is 57.5 Å². The number of benzene rings is 6. The van der Waals surface area contributed by atoms with Gasteiger partial charge in [-0.3, -0.25) is 0 Å². The zero-order valence-corrected chi connectivity index (χ0v) is 25.3. The van der Waals surface area contributed by atoms with Crippen molar-refractivity contribution in [2.24, 2.45) is 0 Å². The number of halogens is 4. The van der Waals surface area contributed by atoms with Crippen molar-refractivity contribution in [1.29, 1.82) is 0 Å². The normalized spacial score (nSPS) is 16.1. The van der Waals surface area contributed by atoms with Crippen molar-refractivity contribution < 1.29 is 22.1 Å². The van der Waals surface area contributed by atoms with Gasteiger partial charge in [0.1, 0.15) is 35.4 Å². The van der Waals surface area contributed by atoms with Crippen LogP contribution in [0.2, 0.25) is 0 Å². The Kier molecular flexibility index (Phi) is 8.40. The zero-order valence-electron chi connectivity index (χ0n) is 25.3. The van der Waals surface area contributed by atoms with Crippen molar-refractivity contribution in [3.05, 3.63) is 214 Å². The van der Waals surface area contributed by atoms with E-state index in [4.69, 9.17) is 0 Å². The second-order valence-corrected chi connectivity index (χ2v) is 11.7. The van der Waals surface area contributed by atoms with Gasteiger partial charge in [0.05, 0.1) is 0 Å². The Morgan fingerprint density at radius 1 is 0.426 bits per heavy atom. The van der Waals surface area contributed by atoms with Crippen LogP contribution in [0.25, 0.3) is 0 Å². The molecule has 232 valence electrons. The lowest BCUT2D eigenvalue weighted by Crippen LogP contribution is -2.31. The summed E-state index contributed by atoms with van der Waals surface area (Å²) in [5.41, 5.74) is 5.36. The van der Waals surface area contributed by atoms with Gasteiger partial charge >= 0.3 is 0 Å². The smallest absolute Gasteiger partial charge is 0.237 e. The molecule has 7 rings (SSSR count). The molecule has 0 radical (unpaired) electrons. The van der Waals surface area contributed by atoms with Crippen molar-refractivity contribution in [3.8, 4) is 0 Å². The van der Waals surface area contributed by atoms with Gasteiger partial charge in [0.15, 0.2) is 12.1 Å². The lowest BCUT2D eigenvalue weighted by Gasteiger charge is -2.31. The van der Waals surface area contributed by atoms with Gasteiger partial charge in [-0.1, -0.05) is 109 Å². The molecule has 0 amide bonds. The molecular formula is C41H31F4N2+. The largest absolute Gasteiger partial charge is 0.245 e. The first-order chi connectivity index (χ1) is 23.0. The Morgan fingerprint density at radius 2 is 0.787 bits per heavy atom. The number of hydrogen-bond acceptors (Lipinski definition) is 1. The molecule has 0 unspecified atom stereocenters. The highest BCUT2D eigenvalue weighted by atomic mass is 19.1. The molecule has 6 aromatic carbocycles. The Labute approximate surface area is 271 Å². The first kappa shape index (κ1) is 30.2. The number of hydrogen-bond donors (Lipinski definition) is 0. The summed E-state index contributed by atoms with van der Waals surface area (Å²) < 4.78 is 59.3. The maximum Gasteiger partial charge on any atom is 0.237 e. The van der Waals surface area contributed by atoms with Crippen LogP contribution >= 0.6 is 0 Å². The minimum Gasteiger partial charge on any atom is -0.245 e. The van der Waals surface area contributed by atoms with Gasteiger partial charge in [0.25, 0.3) is 0 Å². The molecule has 0 bridgehead atoms. The molecule has 1 heterocycles. The fraction of sp³-hybridized carbons (Fsp3) is 0.0976. The first-order valence-electron chi connectivity index (χ1n) is 15.5. The molecule has 2 nitrogen and oxygen atoms in total. The summed E-state index contributed by atoms with van der Waals surface area (Å²) in [5, 5.41) is 0. The molecular weight excluding hydrogens is 596 g/mol. The maximum absolute atomic E-state index is 14.3. The van der Waals surface area contributed by atoms with E-state index in [1.165, 1.54) is 48.5 Å². The van der Waals surface area contributed by atoms with Crippen LogP contribution < -0.4 is 0 Å². The molecule has 0 fully saturated rings. The highest BCUT2D eigenvalue weighted by molar-refractivity contribution is 5.58. The van der Waals surface area contributed by atoms with E-state index in [2.05, 4.69) is 40.1 Å². The second-order valence-electron chi connectivity index (χ2n) is 11.7. The third-order valence-electron chi connectivity index (χ3n) is 8.83. The van der Waals surface area contributed by atoms with Crippen LogP contribution in [-0.4, -0.2) is 15.8 Å². The van der Waals surface area contributed by atoms with Gasteiger partial charge in [-0.05, 0) is 48.5 Å². The van der Waals surface area contributed by atoms with E-state index in [1.54, 1.807) is 48.5 Å². The van der Waals surface area contributed by atoms with Crippen LogP contribution in [0, 0.1) is 23.3 Å². The maximum atomic E-state index is 14.3. The average molecular weight is 628 g/mol. The molecule has 6 heteroatoms. The first-order valence-corrected chi connectivity index (χ1v) is 15.5. The van der Waals surface area contributed by atoms with E-state index in [1.807, 2.05) is 36.4 Å². The summed E-state index contributed by atoms with van der Waals surface area (Å²) in [4.78, 5) is 2.24. The fourth-order valence-corrected chi connectivity index (χ4v) is 6.74. The molecule has 0 aromatic heterocycles. The molecule has 1 aliphatic rings. The highest BCUT2D eigenvalue weighted by Gasteiger charge is 2.50. The van der Waals surface area contributed by atoms with E-state index in [9.17, 15) is 17.6 Å². The van der Waals surface area contributed by atoms with Crippen LogP contribution in [0.4, 0.5) is 17.6 Å². The van der Waals surface area contributed by atoms with Crippen molar-refractivity contribution in [2.75, 3.05) is 0 Å². The van der Waals surface area contributed by atoms with E-state index >= 15 is 0 Å². The van der Waals surface area contributed by atoms with Crippen LogP contribution in [-0.2, 0) is 0 Å². The lowest BCUT2D eigenvalue weighted by molar-refractivity contribution is -0.596. The predicted molar refractivity (Wildman–Crippen MR) is 176 cm³/mol. The molecule has 0 saturated heterocycles. The number of nitrogens with zero attached hydrogens (tertiary/aromatic N) is 2. The topological polar surface area (TPSA) is 6.25 Å². The second kappa shape index (κ2) is 13.1. The quantitative estimate of drug-likeness (QED) is 0.120. The standard InChI is InChI=1S/C41H31F4N2/c42-34-19-11-30(12-20-34)38(31-13-21-35(43)22-14-31)46-27-47(39(32-15-23-36(44)24-16-32)33-17-25-37(45)26-18-33)41(29-9-5-2-6-10-29)40(46)28-7-3-1-4-8-28/h1-27,38-41H/q+1/t40-,41-/m0/s1. The summed E-state index contributed by atoms with van der Waals surface area (Å²) >= 11 is 0. The Hall–Kier alpha value is -5.49. The van der Waals surface area contributed by atoms with Gasteiger partial charge < -0.3 is 0 Å². The van der Waals surface area contributed by atoms with Gasteiger partial charge in [-0.15, -0.1) is 0 Å². The summed E-state index contributed by atoms with van der Waals surface area (Å²) in [5.74, 6) is -1.41. The van der Waals surface area contributed by atoms with Gasteiger partial charge in [-0.25, -0.2) is 27.0 Å². The Balaban J connectivity index is 1.52. The minimum atomic E-state index is -0.445. The molecule has 0 N–H and O–H groups in total. The SMILES string of the molecule is Fc1ccc(C(c2ccc(F)cc2)N2C=[N+](C(c3ccc(F)cc3)c3ccc(F)cc3)[C@@H](c3ccccc3)[C@@H]2c2ccccc2)cc1. The van der Waals surface area contributed by atoms with Crippen LogP contribution in [0.15, 0.2) is 158 Å². The van der Waals surface area contributed by atoms with Gasteiger partial charge in [0, 0.05) is 33.4 Å². The van der Waals surface area contributed by atoms with Crippen molar-refractivity contribution >= 4 is 6.34 Å². The molecule has 0 saturated carbocycles. The molecule has 6 aromatic rings. The van der Waals surface area contributed by atoms with E-state index in [-0.39, 0.29) is 35.4 Å². The molecule has 1 aliphatic heterocycles. The van der Waals surface area contributed by atoms with Gasteiger partial charge in [0.2, 0.25) is 6.34 Å². The minimum absolute atomic E-state index is 0.290. The fourth-order valence-electron chi connectivity index (χ4n) is 6.74. The molecule has 0 spiro atoms. The van der Waals surface area contributed by atoms with Crippen LogP contribution in [0.5, 0.6) is 0 Å². The van der Waals surface area contributed by atoms with Gasteiger partial charge in [-0.2, -0.15) is 0 Å². The summed E-state index contributed by atoms with van der Waals surface area (Å²) in [6.45, 7) is 0. The zero-order chi connectivity index (χ0) is 32.3. The predicted octanol–water partition coefficient (Wildman–Crippen LogP) is 9.96. The van der Waals surface area contributed by atoms with Crippen molar-refractivity contribution in [3.63, 3.8) is 0 Å². The van der Waals surface area contributed by atoms with E-state index < -0.39 is 12.1 Å². The summed E-state index contributed by atoms with van der Waals surface area (Å²) in [6.07, 6.45) is 2.07. The number of rotatable bonds is 8. The summed E-state index contributed by atoms with van der Waals surface area (Å²) in [6, 6.07) is 44.4. The molecule has 47 heavy (non-hydrogen) atoms. The third kappa shape index (κ3) is 6.19. The molecule has 0 aliphatic carbocycles. The average Bonchev–Trinajstić information content (AvgIpc) is 3.48. The van der Waals surface area contributed by atoms with E-state index in [0.717, 1.165) is 33.4 Å². The summed E-state index contributed by atoms with van der Waals surface area (Å²) in [7, 11) is 0. The van der Waals surface area contributed by atoms with Crippen molar-refractivity contribution in [1.82, 2.24) is 4.90 Å². The third-order valence-corrected chi connectivity index (χ3v) is 8.83. The highest BCUT2D eigenvalue weighted by Crippen LogP contribution is 2.49. The lowest BCUT2D eigenvalue weighted by atomic mass is 9.88.